The molecule has 2 amide bonds. The zero-order valence-electron chi connectivity index (χ0n) is 19.4. The van der Waals surface area contributed by atoms with Gasteiger partial charge in [-0.25, -0.2) is 4.90 Å². The van der Waals surface area contributed by atoms with Gasteiger partial charge in [-0.1, -0.05) is 48.5 Å². The van der Waals surface area contributed by atoms with E-state index in [1.165, 1.54) is 10.5 Å². The summed E-state index contributed by atoms with van der Waals surface area (Å²) in [4.78, 5) is 32.0. The Morgan fingerprint density at radius 2 is 1.49 bits per heavy atom. The molecular formula is C28H27N3O4. The van der Waals surface area contributed by atoms with E-state index >= 15 is 0 Å². The summed E-state index contributed by atoms with van der Waals surface area (Å²) in [5, 5.41) is 0. The van der Waals surface area contributed by atoms with Gasteiger partial charge >= 0.3 is 0 Å². The summed E-state index contributed by atoms with van der Waals surface area (Å²) in [5.41, 5.74) is 3.99. The second kappa shape index (κ2) is 9.17. The number of piperazine rings is 1. The van der Waals surface area contributed by atoms with Crippen molar-refractivity contribution in [3.05, 3.63) is 78.4 Å². The molecule has 1 atom stereocenters. The predicted molar refractivity (Wildman–Crippen MR) is 132 cm³/mol. The fraction of sp³-hybridized carbons (Fsp3) is 0.286. The van der Waals surface area contributed by atoms with Crippen molar-refractivity contribution in [2.24, 2.45) is 0 Å². The van der Waals surface area contributed by atoms with Crippen LogP contribution in [0.4, 0.5) is 5.69 Å². The number of hydrogen-bond acceptors (Lipinski definition) is 6. The first-order valence-electron chi connectivity index (χ1n) is 12.0. The van der Waals surface area contributed by atoms with Crippen LogP contribution in [0.1, 0.15) is 12.0 Å². The van der Waals surface area contributed by atoms with E-state index in [9.17, 15) is 9.59 Å². The van der Waals surface area contributed by atoms with Gasteiger partial charge in [0.2, 0.25) is 12.7 Å². The predicted octanol–water partition coefficient (Wildman–Crippen LogP) is 3.53. The van der Waals surface area contributed by atoms with Crippen molar-refractivity contribution < 1.29 is 19.1 Å². The zero-order chi connectivity index (χ0) is 23.8. The van der Waals surface area contributed by atoms with E-state index in [0.29, 0.717) is 5.69 Å². The first kappa shape index (κ1) is 21.8. The molecule has 0 spiro atoms. The maximum Gasteiger partial charge on any atom is 0.251 e. The van der Waals surface area contributed by atoms with Crippen LogP contribution in [0, 0.1) is 0 Å². The van der Waals surface area contributed by atoms with E-state index in [-0.39, 0.29) is 31.1 Å². The number of imide groups is 1. The van der Waals surface area contributed by atoms with Gasteiger partial charge in [-0.15, -0.1) is 0 Å². The zero-order valence-corrected chi connectivity index (χ0v) is 19.4. The lowest BCUT2D eigenvalue weighted by Crippen LogP contribution is -2.52. The Hall–Kier alpha value is -3.68. The summed E-state index contributed by atoms with van der Waals surface area (Å²) in [6.07, 6.45) is 0.238. The van der Waals surface area contributed by atoms with E-state index in [2.05, 4.69) is 15.9 Å². The molecule has 6 rings (SSSR count). The average Bonchev–Trinajstić information content (AvgIpc) is 3.48. The van der Waals surface area contributed by atoms with Gasteiger partial charge in [0.15, 0.2) is 11.5 Å². The van der Waals surface area contributed by atoms with Gasteiger partial charge in [0.05, 0.1) is 18.2 Å². The normalized spacial score (nSPS) is 20.6. The standard InChI is InChI=1S/C28H27N3O4/c32-27-17-24(28(33)31(27)23-9-7-22(8-10-23)21-4-2-1-3-5-21)30-14-12-29(13-15-30)18-20-6-11-25-26(16-20)35-19-34-25/h1-11,16,24H,12-15,17-19H2. The molecule has 7 heteroatoms. The number of amides is 2. The van der Waals surface area contributed by atoms with Crippen LogP contribution in [-0.4, -0.2) is 60.6 Å². The monoisotopic (exact) mass is 469 g/mol. The van der Waals surface area contributed by atoms with E-state index in [0.717, 1.165) is 55.3 Å². The van der Waals surface area contributed by atoms with Crippen LogP contribution < -0.4 is 14.4 Å². The third kappa shape index (κ3) is 4.29. The highest BCUT2D eigenvalue weighted by Crippen LogP contribution is 2.33. The Morgan fingerprint density at radius 1 is 0.771 bits per heavy atom. The molecule has 3 aromatic rings. The van der Waals surface area contributed by atoms with Crippen LogP contribution in [-0.2, 0) is 16.1 Å². The Balaban J connectivity index is 1.08. The molecule has 7 nitrogen and oxygen atoms in total. The van der Waals surface area contributed by atoms with Crippen molar-refractivity contribution in [1.82, 2.24) is 9.80 Å². The summed E-state index contributed by atoms with van der Waals surface area (Å²) < 4.78 is 10.9. The third-order valence-corrected chi connectivity index (χ3v) is 7.05. The molecule has 0 saturated carbocycles. The summed E-state index contributed by atoms with van der Waals surface area (Å²) in [6.45, 7) is 4.31. The molecule has 2 saturated heterocycles. The average molecular weight is 470 g/mol. The molecule has 3 aromatic carbocycles. The van der Waals surface area contributed by atoms with Gasteiger partial charge in [-0.2, -0.15) is 0 Å². The molecular weight excluding hydrogens is 442 g/mol. The van der Waals surface area contributed by atoms with Crippen molar-refractivity contribution in [3.8, 4) is 22.6 Å². The molecule has 0 bridgehead atoms. The van der Waals surface area contributed by atoms with Crippen LogP contribution in [0.3, 0.4) is 0 Å². The van der Waals surface area contributed by atoms with Crippen LogP contribution in [0.2, 0.25) is 0 Å². The van der Waals surface area contributed by atoms with Gasteiger partial charge in [0.25, 0.3) is 5.91 Å². The quantitative estimate of drug-likeness (QED) is 0.533. The third-order valence-electron chi connectivity index (χ3n) is 7.05. The summed E-state index contributed by atoms with van der Waals surface area (Å²) >= 11 is 0. The molecule has 3 aliphatic rings. The van der Waals surface area contributed by atoms with Gasteiger partial charge in [-0.05, 0) is 41.0 Å². The molecule has 0 N–H and O–H groups in total. The summed E-state index contributed by atoms with van der Waals surface area (Å²) in [7, 11) is 0. The topological polar surface area (TPSA) is 62.3 Å². The number of benzene rings is 3. The number of rotatable bonds is 5. The molecule has 178 valence electrons. The SMILES string of the molecule is O=C1CC(N2CCN(Cc3ccc4c(c3)OCO4)CC2)C(=O)N1c1ccc(-c2ccccc2)cc1. The minimum absolute atomic E-state index is 0.119. The van der Waals surface area contributed by atoms with E-state index in [1.807, 2.05) is 66.7 Å². The number of anilines is 1. The fourth-order valence-electron chi connectivity index (χ4n) is 5.14. The Morgan fingerprint density at radius 3 is 2.26 bits per heavy atom. The van der Waals surface area contributed by atoms with E-state index in [1.54, 1.807) is 0 Å². The van der Waals surface area contributed by atoms with Crippen LogP contribution in [0.25, 0.3) is 11.1 Å². The molecule has 2 fully saturated rings. The van der Waals surface area contributed by atoms with Crippen molar-refractivity contribution in [1.29, 1.82) is 0 Å². The number of carbonyl (C=O) groups excluding carboxylic acids is 2. The second-order valence-corrected chi connectivity index (χ2v) is 9.20. The molecule has 0 aromatic heterocycles. The minimum Gasteiger partial charge on any atom is -0.454 e. The second-order valence-electron chi connectivity index (χ2n) is 9.20. The Bertz CT molecular complexity index is 1240. The molecule has 3 heterocycles. The molecule has 35 heavy (non-hydrogen) atoms. The largest absolute Gasteiger partial charge is 0.454 e. The lowest BCUT2D eigenvalue weighted by molar-refractivity contribution is -0.123. The van der Waals surface area contributed by atoms with Gasteiger partial charge in [0.1, 0.15) is 0 Å². The number of nitrogens with zero attached hydrogens (tertiary/aromatic N) is 3. The first-order chi connectivity index (χ1) is 17.2. The van der Waals surface area contributed by atoms with E-state index in [4.69, 9.17) is 9.47 Å². The Labute approximate surface area is 204 Å². The van der Waals surface area contributed by atoms with Gasteiger partial charge in [-0.3, -0.25) is 19.4 Å². The number of fused-ring (bicyclic) bond motifs is 1. The van der Waals surface area contributed by atoms with Gasteiger partial charge in [0, 0.05) is 32.7 Å². The van der Waals surface area contributed by atoms with Crippen LogP contribution in [0.15, 0.2) is 72.8 Å². The van der Waals surface area contributed by atoms with Crippen LogP contribution in [0.5, 0.6) is 11.5 Å². The maximum atomic E-state index is 13.3. The van der Waals surface area contributed by atoms with Crippen molar-refractivity contribution >= 4 is 17.5 Å². The van der Waals surface area contributed by atoms with Crippen molar-refractivity contribution in [3.63, 3.8) is 0 Å². The lowest BCUT2D eigenvalue weighted by Gasteiger charge is -2.37. The highest BCUT2D eigenvalue weighted by Gasteiger charge is 2.43. The fourth-order valence-corrected chi connectivity index (χ4v) is 5.14. The molecule has 3 aliphatic heterocycles. The van der Waals surface area contributed by atoms with E-state index < -0.39 is 0 Å². The first-order valence-corrected chi connectivity index (χ1v) is 12.0. The molecule has 0 aliphatic carbocycles. The number of carbonyl (C=O) groups is 2. The number of ether oxygens (including phenoxy) is 2. The minimum atomic E-state index is -0.385. The maximum absolute atomic E-state index is 13.3. The van der Waals surface area contributed by atoms with Crippen molar-refractivity contribution in [2.75, 3.05) is 37.9 Å². The smallest absolute Gasteiger partial charge is 0.251 e. The highest BCUT2D eigenvalue weighted by atomic mass is 16.7. The summed E-state index contributed by atoms with van der Waals surface area (Å²) in [6, 6.07) is 23.4. The number of hydrogen-bond donors (Lipinski definition) is 0. The molecule has 1 unspecified atom stereocenters. The van der Waals surface area contributed by atoms with Crippen LogP contribution >= 0.6 is 0 Å². The lowest BCUT2D eigenvalue weighted by atomic mass is 10.1. The Kier molecular flexibility index (Phi) is 5.72. The summed E-state index contributed by atoms with van der Waals surface area (Å²) in [5.74, 6) is 1.34. The van der Waals surface area contributed by atoms with Gasteiger partial charge < -0.3 is 9.47 Å². The molecule has 0 radical (unpaired) electrons. The van der Waals surface area contributed by atoms with Crippen molar-refractivity contribution in [2.45, 2.75) is 19.0 Å². The highest BCUT2D eigenvalue weighted by molar-refractivity contribution is 6.22.